The van der Waals surface area contributed by atoms with Gasteiger partial charge in [0.1, 0.15) is 5.84 Å². The minimum atomic E-state index is -2.56. The van der Waals surface area contributed by atoms with E-state index in [0.717, 1.165) is 5.56 Å². The average molecular weight is 193 g/mol. The Balaban J connectivity index is 2.31. The molecule has 0 unspecified atom stereocenters. The van der Waals surface area contributed by atoms with Gasteiger partial charge in [-0.3, -0.25) is 4.99 Å². The zero-order valence-electron chi connectivity index (χ0n) is 11.3. The Kier molecular flexibility index (Phi) is 1.50. The van der Waals surface area contributed by atoms with Crippen LogP contribution in [0.15, 0.2) is 40.6 Å². The van der Waals surface area contributed by atoms with Crippen LogP contribution in [0.1, 0.15) is 11.0 Å². The van der Waals surface area contributed by atoms with Gasteiger partial charge in [0, 0.05) is 6.42 Å². The predicted molar refractivity (Wildman–Crippen MR) is 54.9 cm³/mol. The van der Waals surface area contributed by atoms with Crippen molar-refractivity contribution >= 4 is 5.84 Å². The zero-order valence-corrected chi connectivity index (χ0v) is 7.34. The first-order valence-electron chi connectivity index (χ1n) is 6.14. The van der Waals surface area contributed by atoms with Crippen molar-refractivity contribution in [1.82, 2.24) is 5.01 Å². The third kappa shape index (κ3) is 1.79. The summed E-state index contributed by atoms with van der Waals surface area (Å²) >= 11 is 0. The Morgan fingerprint density at radius 3 is 3.00 bits per heavy atom. The van der Waals surface area contributed by atoms with Gasteiger partial charge in [-0.15, -0.1) is 4.91 Å². The monoisotopic (exact) mass is 193 g/mol. The smallest absolute Gasteiger partial charge is 0.127 e. The van der Waals surface area contributed by atoms with Crippen molar-refractivity contribution in [3.05, 3.63) is 40.8 Å². The van der Waals surface area contributed by atoms with E-state index in [1.807, 2.05) is 6.07 Å². The van der Waals surface area contributed by atoms with Crippen LogP contribution in [0.2, 0.25) is 0 Å². The van der Waals surface area contributed by atoms with Crippen LogP contribution in [0.25, 0.3) is 0 Å². The first-order chi connectivity index (χ1) is 8.38. The maximum Gasteiger partial charge on any atom is 0.127 e. The third-order valence-corrected chi connectivity index (χ3v) is 1.87. The van der Waals surface area contributed by atoms with Crippen LogP contribution >= 0.6 is 0 Å². The fraction of sp³-hybridized carbons (Fsp3) is 0.300. The molecule has 0 aliphatic carbocycles. The molecule has 0 saturated carbocycles. The van der Waals surface area contributed by atoms with Crippen molar-refractivity contribution in [3.8, 4) is 0 Å². The largest absolute Gasteiger partial charge is 0.268 e. The van der Waals surface area contributed by atoms with Crippen molar-refractivity contribution in [2.24, 2.45) is 10.3 Å². The van der Waals surface area contributed by atoms with Crippen LogP contribution in [-0.4, -0.2) is 23.8 Å². The molecule has 1 aromatic carbocycles. The van der Waals surface area contributed by atoms with Crippen molar-refractivity contribution in [2.45, 2.75) is 6.42 Å². The lowest BCUT2D eigenvalue weighted by Gasteiger charge is -2.09. The van der Waals surface area contributed by atoms with Gasteiger partial charge in [-0.1, -0.05) is 30.3 Å². The molecule has 2 rings (SSSR count). The van der Waals surface area contributed by atoms with Crippen LogP contribution in [0, 0.1) is 4.91 Å². The number of amidine groups is 1. The summed E-state index contributed by atoms with van der Waals surface area (Å²) in [7, 11) is 0. The second-order valence-electron chi connectivity index (χ2n) is 2.81. The summed E-state index contributed by atoms with van der Waals surface area (Å²) in [6, 6.07) is 9.00. The number of hydrogen-bond acceptors (Lipinski definition) is 3. The standard InChI is InChI=1S/C10H11N3O/c14-12-13-7-6-11-10(13)8-9-4-2-1-3-5-9/h1-5H,6-8H2/i6D2,7D2. The van der Waals surface area contributed by atoms with Gasteiger partial charge >= 0.3 is 0 Å². The maximum atomic E-state index is 10.7. The Morgan fingerprint density at radius 2 is 2.29 bits per heavy atom. The molecule has 1 aliphatic rings. The number of rotatable bonds is 3. The Labute approximate surface area is 87.8 Å². The van der Waals surface area contributed by atoms with E-state index in [9.17, 15) is 4.91 Å². The van der Waals surface area contributed by atoms with Gasteiger partial charge in [-0.05, 0) is 5.56 Å². The summed E-state index contributed by atoms with van der Waals surface area (Å²) in [6.07, 6.45) is 0.158. The predicted octanol–water partition coefficient (Wildman–Crippen LogP) is 1.62. The van der Waals surface area contributed by atoms with E-state index in [4.69, 9.17) is 5.48 Å². The van der Waals surface area contributed by atoms with Crippen LogP contribution in [0.3, 0.4) is 0 Å². The fourth-order valence-corrected chi connectivity index (χ4v) is 1.21. The molecule has 1 aromatic rings. The van der Waals surface area contributed by atoms with Gasteiger partial charge in [0.25, 0.3) is 0 Å². The van der Waals surface area contributed by atoms with Gasteiger partial charge in [0.2, 0.25) is 0 Å². The maximum absolute atomic E-state index is 10.7. The topological polar surface area (TPSA) is 45.0 Å². The second-order valence-corrected chi connectivity index (χ2v) is 2.81. The molecule has 0 N–H and O–H groups in total. The minimum absolute atomic E-state index is 0.00815. The van der Waals surface area contributed by atoms with Crippen molar-refractivity contribution in [3.63, 3.8) is 0 Å². The molecule has 4 heteroatoms. The van der Waals surface area contributed by atoms with Crippen molar-refractivity contribution < 1.29 is 5.48 Å². The van der Waals surface area contributed by atoms with Gasteiger partial charge in [0.05, 0.1) is 23.8 Å². The molecule has 0 bridgehead atoms. The number of aliphatic imine (C=N–C) groups is 1. The SMILES string of the molecule is [2H]C1([2H])N=C(Cc2ccccc2)N(N=O)C1([2H])[2H]. The minimum Gasteiger partial charge on any atom is -0.268 e. The molecule has 0 aromatic heterocycles. The number of nitrogens with zero attached hydrogens (tertiary/aromatic N) is 3. The van der Waals surface area contributed by atoms with Gasteiger partial charge in [-0.2, -0.15) is 0 Å². The number of benzene rings is 1. The summed E-state index contributed by atoms with van der Waals surface area (Å²) in [4.78, 5) is 14.3. The molecule has 0 amide bonds. The molecule has 0 spiro atoms. The molecule has 0 radical (unpaired) electrons. The number of hydrogen-bond donors (Lipinski definition) is 0. The van der Waals surface area contributed by atoms with Crippen LogP contribution in [0.5, 0.6) is 0 Å². The summed E-state index contributed by atoms with van der Waals surface area (Å²) in [5.74, 6) is -0.00815. The van der Waals surface area contributed by atoms with Crippen LogP contribution in [-0.2, 0) is 6.42 Å². The van der Waals surface area contributed by atoms with E-state index in [1.54, 1.807) is 24.3 Å². The number of nitroso groups, excluding NO2 is 1. The molecule has 1 aliphatic heterocycles. The highest BCUT2D eigenvalue weighted by atomic mass is 16.3. The average Bonchev–Trinajstić information content (AvgIpc) is 2.46. The zero-order chi connectivity index (χ0) is 13.4. The first-order valence-corrected chi connectivity index (χ1v) is 4.14. The first kappa shape index (κ1) is 5.24. The van der Waals surface area contributed by atoms with E-state index in [-0.39, 0.29) is 12.3 Å². The van der Waals surface area contributed by atoms with Crippen LogP contribution in [0.4, 0.5) is 0 Å². The van der Waals surface area contributed by atoms with E-state index in [2.05, 4.69) is 10.3 Å². The molecule has 0 fully saturated rings. The second kappa shape index (κ2) is 4.00. The van der Waals surface area contributed by atoms with Crippen LogP contribution < -0.4 is 0 Å². The third-order valence-electron chi connectivity index (χ3n) is 1.87. The lowest BCUT2D eigenvalue weighted by molar-refractivity contribution is 0.476. The van der Waals surface area contributed by atoms with Gasteiger partial charge < -0.3 is 0 Å². The quantitative estimate of drug-likeness (QED) is 0.685. The lowest BCUT2D eigenvalue weighted by atomic mass is 10.1. The molecule has 0 saturated heterocycles. The Bertz CT molecular complexity index is 489. The molecule has 14 heavy (non-hydrogen) atoms. The Morgan fingerprint density at radius 1 is 1.50 bits per heavy atom. The molecular weight excluding hydrogens is 178 g/mol. The lowest BCUT2D eigenvalue weighted by Crippen LogP contribution is -2.22. The highest BCUT2D eigenvalue weighted by Gasteiger charge is 2.16. The van der Waals surface area contributed by atoms with E-state index in [0.29, 0.717) is 5.01 Å². The summed E-state index contributed by atoms with van der Waals surface area (Å²) in [6.45, 7) is -5.04. The van der Waals surface area contributed by atoms with Crippen molar-refractivity contribution in [2.75, 3.05) is 13.0 Å². The summed E-state index contributed by atoms with van der Waals surface area (Å²) < 4.78 is 30.1. The molecule has 1 heterocycles. The summed E-state index contributed by atoms with van der Waals surface area (Å²) in [5.41, 5.74) is 0.804. The highest BCUT2D eigenvalue weighted by Crippen LogP contribution is 2.08. The molecular formula is C10H11N3O. The van der Waals surface area contributed by atoms with Gasteiger partial charge in [0.15, 0.2) is 0 Å². The molecule has 0 atom stereocenters. The highest BCUT2D eigenvalue weighted by molar-refractivity contribution is 5.85. The fourth-order valence-electron chi connectivity index (χ4n) is 1.21. The van der Waals surface area contributed by atoms with Crippen molar-refractivity contribution in [1.29, 1.82) is 0 Å². The van der Waals surface area contributed by atoms with E-state index >= 15 is 0 Å². The summed E-state index contributed by atoms with van der Waals surface area (Å²) in [5, 5.41) is 3.02. The van der Waals surface area contributed by atoms with E-state index in [1.165, 1.54) is 0 Å². The molecule has 72 valence electrons. The van der Waals surface area contributed by atoms with E-state index < -0.39 is 13.0 Å². The molecule has 4 nitrogen and oxygen atoms in total. The normalized spacial score (nSPS) is 26.9. The van der Waals surface area contributed by atoms with Gasteiger partial charge in [-0.25, -0.2) is 5.01 Å². The Hall–Kier alpha value is -1.71.